The van der Waals surface area contributed by atoms with Crippen molar-refractivity contribution in [1.82, 2.24) is 10.1 Å². The van der Waals surface area contributed by atoms with Gasteiger partial charge < -0.3 is 4.52 Å². The lowest BCUT2D eigenvalue weighted by Gasteiger charge is -2.09. The molecule has 3 rings (SSSR count). The number of hydrogen-bond donors (Lipinski definition) is 0. The monoisotopic (exact) mass is 376 g/mol. The highest BCUT2D eigenvalue weighted by atomic mass is 35.5. The molecule has 7 heteroatoms. The third-order valence-electron chi connectivity index (χ3n) is 4.02. The van der Waals surface area contributed by atoms with Crippen LogP contribution in [0.1, 0.15) is 22.6 Å². The van der Waals surface area contributed by atoms with Crippen LogP contribution >= 0.6 is 11.6 Å². The molecule has 0 atom stereocenters. The zero-order chi connectivity index (χ0) is 18.2. The molecule has 0 aliphatic heterocycles. The Morgan fingerprint density at radius 3 is 2.44 bits per heavy atom. The molecule has 2 aromatic carbocycles. The smallest absolute Gasteiger partial charge is 0.242 e. The molecule has 0 unspecified atom stereocenters. The molecule has 0 spiro atoms. The van der Waals surface area contributed by atoms with Crippen LogP contribution in [0, 0.1) is 20.8 Å². The van der Waals surface area contributed by atoms with Gasteiger partial charge in [0.15, 0.2) is 9.84 Å². The van der Waals surface area contributed by atoms with Crippen molar-refractivity contribution in [1.29, 1.82) is 0 Å². The minimum absolute atomic E-state index is 0.0348. The molecule has 0 fully saturated rings. The normalized spacial score (nSPS) is 11.7. The summed E-state index contributed by atoms with van der Waals surface area (Å²) in [4.78, 5) is 4.47. The fourth-order valence-electron chi connectivity index (χ4n) is 2.57. The number of halogens is 1. The molecule has 0 bridgehead atoms. The molecule has 0 aliphatic rings. The Labute approximate surface area is 151 Å². The number of hydrogen-bond acceptors (Lipinski definition) is 5. The highest BCUT2D eigenvalue weighted by Gasteiger charge is 2.23. The van der Waals surface area contributed by atoms with Gasteiger partial charge in [0.05, 0.1) is 9.92 Å². The van der Waals surface area contributed by atoms with Gasteiger partial charge in [-0.05, 0) is 55.7 Å². The van der Waals surface area contributed by atoms with Gasteiger partial charge >= 0.3 is 0 Å². The van der Waals surface area contributed by atoms with E-state index in [0.29, 0.717) is 16.1 Å². The van der Waals surface area contributed by atoms with Gasteiger partial charge in [0, 0.05) is 5.56 Å². The Bertz CT molecular complexity index is 1040. The van der Waals surface area contributed by atoms with Gasteiger partial charge in [-0.25, -0.2) is 8.42 Å². The van der Waals surface area contributed by atoms with E-state index in [2.05, 4.69) is 10.1 Å². The van der Waals surface area contributed by atoms with Crippen LogP contribution in [-0.4, -0.2) is 18.6 Å². The molecule has 1 aromatic heterocycles. The van der Waals surface area contributed by atoms with Crippen molar-refractivity contribution < 1.29 is 12.9 Å². The van der Waals surface area contributed by atoms with E-state index in [1.165, 1.54) is 0 Å². The van der Waals surface area contributed by atoms with Gasteiger partial charge in [-0.1, -0.05) is 35.0 Å². The molecule has 3 aromatic rings. The predicted octanol–water partition coefficient (Wildman–Crippen LogP) is 4.29. The van der Waals surface area contributed by atoms with Gasteiger partial charge in [0.25, 0.3) is 0 Å². The maximum absolute atomic E-state index is 12.7. The lowest BCUT2D eigenvalue weighted by molar-refractivity contribution is 0.389. The van der Waals surface area contributed by atoms with Crippen molar-refractivity contribution in [3.63, 3.8) is 0 Å². The molecule has 1 heterocycles. The van der Waals surface area contributed by atoms with Crippen LogP contribution in [0.5, 0.6) is 0 Å². The number of sulfone groups is 1. The first kappa shape index (κ1) is 17.6. The van der Waals surface area contributed by atoms with Gasteiger partial charge in [-0.2, -0.15) is 4.98 Å². The summed E-state index contributed by atoms with van der Waals surface area (Å²) in [5.74, 6) is -0.0477. The van der Waals surface area contributed by atoms with Gasteiger partial charge in [-0.3, -0.25) is 0 Å². The van der Waals surface area contributed by atoms with Crippen LogP contribution in [0.2, 0.25) is 5.02 Å². The SMILES string of the molecule is Cc1cc(C)c(S(=O)(=O)Cc2nc(-c3ccccc3Cl)no2)cc1C. The Hall–Kier alpha value is -2.18. The number of aromatic nitrogens is 2. The van der Waals surface area contributed by atoms with Crippen molar-refractivity contribution >= 4 is 21.4 Å². The van der Waals surface area contributed by atoms with E-state index in [9.17, 15) is 8.42 Å². The average Bonchev–Trinajstić information content (AvgIpc) is 2.98. The van der Waals surface area contributed by atoms with Crippen molar-refractivity contribution in [2.24, 2.45) is 0 Å². The highest BCUT2D eigenvalue weighted by Crippen LogP contribution is 2.27. The summed E-state index contributed by atoms with van der Waals surface area (Å²) in [5, 5.41) is 4.32. The third-order valence-corrected chi connectivity index (χ3v) is 6.09. The maximum Gasteiger partial charge on any atom is 0.242 e. The van der Waals surface area contributed by atoms with E-state index in [4.69, 9.17) is 16.1 Å². The molecule has 130 valence electrons. The molecule has 0 aliphatic carbocycles. The summed E-state index contributed by atoms with van der Waals surface area (Å²) in [6.07, 6.45) is 0. The van der Waals surface area contributed by atoms with Crippen molar-refractivity contribution in [3.05, 3.63) is 64.0 Å². The zero-order valence-electron chi connectivity index (χ0n) is 14.1. The Kier molecular flexibility index (Phi) is 4.67. The van der Waals surface area contributed by atoms with E-state index in [-0.39, 0.29) is 22.4 Å². The van der Waals surface area contributed by atoms with E-state index < -0.39 is 9.84 Å². The standard InChI is InChI=1S/C18H17ClN2O3S/c1-11-8-13(3)16(9-12(11)2)25(22,23)10-17-20-18(21-24-17)14-6-4-5-7-15(14)19/h4-9H,10H2,1-3H3. The topological polar surface area (TPSA) is 73.1 Å². The summed E-state index contributed by atoms with van der Waals surface area (Å²) in [7, 11) is -3.59. The third kappa shape index (κ3) is 3.60. The van der Waals surface area contributed by atoms with Gasteiger partial charge in [0.1, 0.15) is 5.75 Å². The second kappa shape index (κ2) is 6.61. The first-order chi connectivity index (χ1) is 11.8. The molecule has 5 nitrogen and oxygen atoms in total. The minimum atomic E-state index is -3.59. The zero-order valence-corrected chi connectivity index (χ0v) is 15.6. The fourth-order valence-corrected chi connectivity index (χ4v) is 4.30. The van der Waals surface area contributed by atoms with Gasteiger partial charge in [-0.15, -0.1) is 0 Å². The molecular formula is C18H17ClN2O3S. The molecule has 0 saturated heterocycles. The highest BCUT2D eigenvalue weighted by molar-refractivity contribution is 7.90. The Morgan fingerprint density at radius 1 is 1.04 bits per heavy atom. The molecule has 25 heavy (non-hydrogen) atoms. The molecular weight excluding hydrogens is 360 g/mol. The van der Waals surface area contributed by atoms with Crippen molar-refractivity contribution in [2.45, 2.75) is 31.4 Å². The number of nitrogens with zero attached hydrogens (tertiary/aromatic N) is 2. The first-order valence-electron chi connectivity index (χ1n) is 7.66. The van der Waals surface area contributed by atoms with E-state index >= 15 is 0 Å². The lowest BCUT2D eigenvalue weighted by Crippen LogP contribution is -2.08. The summed E-state index contributed by atoms with van der Waals surface area (Å²) in [5.41, 5.74) is 3.27. The Morgan fingerprint density at radius 2 is 1.72 bits per heavy atom. The van der Waals surface area contributed by atoms with Crippen LogP contribution in [0.3, 0.4) is 0 Å². The minimum Gasteiger partial charge on any atom is -0.338 e. The van der Waals surface area contributed by atoms with E-state index in [1.54, 1.807) is 37.3 Å². The summed E-state index contributed by atoms with van der Waals surface area (Å²) in [6, 6.07) is 10.6. The largest absolute Gasteiger partial charge is 0.338 e. The van der Waals surface area contributed by atoms with Crippen LogP contribution in [-0.2, 0) is 15.6 Å². The fraction of sp³-hybridized carbons (Fsp3) is 0.222. The van der Waals surface area contributed by atoms with E-state index in [0.717, 1.165) is 11.1 Å². The number of rotatable bonds is 4. The molecule has 0 saturated carbocycles. The molecule has 0 N–H and O–H groups in total. The van der Waals surface area contributed by atoms with Crippen molar-refractivity contribution in [2.75, 3.05) is 0 Å². The lowest BCUT2D eigenvalue weighted by atomic mass is 10.1. The number of benzene rings is 2. The van der Waals surface area contributed by atoms with Crippen LogP contribution in [0.25, 0.3) is 11.4 Å². The quantitative estimate of drug-likeness (QED) is 0.679. The van der Waals surface area contributed by atoms with Crippen molar-refractivity contribution in [3.8, 4) is 11.4 Å². The van der Waals surface area contributed by atoms with Crippen LogP contribution in [0.15, 0.2) is 45.8 Å². The predicted molar refractivity (Wildman–Crippen MR) is 96.3 cm³/mol. The first-order valence-corrected chi connectivity index (χ1v) is 9.69. The second-order valence-electron chi connectivity index (χ2n) is 5.95. The van der Waals surface area contributed by atoms with E-state index in [1.807, 2.05) is 19.9 Å². The van der Waals surface area contributed by atoms with Crippen LogP contribution in [0.4, 0.5) is 0 Å². The van der Waals surface area contributed by atoms with Crippen LogP contribution < -0.4 is 0 Å². The van der Waals surface area contributed by atoms with Gasteiger partial charge in [0.2, 0.25) is 11.7 Å². The molecule has 0 radical (unpaired) electrons. The maximum atomic E-state index is 12.7. The molecule has 0 amide bonds. The Balaban J connectivity index is 1.93. The summed E-state index contributed by atoms with van der Waals surface area (Å²) >= 11 is 6.11. The number of aryl methyl sites for hydroxylation is 3. The summed E-state index contributed by atoms with van der Waals surface area (Å²) < 4.78 is 30.6. The second-order valence-corrected chi connectivity index (χ2v) is 8.32. The average molecular weight is 377 g/mol. The summed E-state index contributed by atoms with van der Waals surface area (Å²) in [6.45, 7) is 5.62.